The van der Waals surface area contributed by atoms with Gasteiger partial charge in [0.1, 0.15) is 0 Å². The van der Waals surface area contributed by atoms with Gasteiger partial charge in [0.15, 0.2) is 0 Å². The van der Waals surface area contributed by atoms with Gasteiger partial charge in [0.2, 0.25) is 0 Å². The molecule has 0 fully saturated rings. The van der Waals surface area contributed by atoms with Crippen molar-refractivity contribution in [3.05, 3.63) is 29.8 Å². The molecular weight excluding hydrogens is 627 g/mol. The van der Waals surface area contributed by atoms with Crippen LogP contribution >= 0.6 is 64.0 Å². The minimum absolute atomic E-state index is 0. The summed E-state index contributed by atoms with van der Waals surface area (Å²) in [6, 6.07) is 3.88. The lowest BCUT2D eigenvalue weighted by atomic mass is 10.1. The molecule has 1 aromatic rings. The Morgan fingerprint density at radius 2 is 1.05 bits per heavy atom. The second-order valence-electron chi connectivity index (χ2n) is 5.20. The molecule has 0 heterocycles. The average Bonchev–Trinajstić information content (AvgIpc) is 2.70. The quantitative estimate of drug-likeness (QED) is 0.166. The van der Waals surface area contributed by atoms with Gasteiger partial charge in [0.05, 0.1) is 11.3 Å². The summed E-state index contributed by atoms with van der Waals surface area (Å²) < 4.78 is 65.4. The van der Waals surface area contributed by atoms with Crippen molar-refractivity contribution in [3.63, 3.8) is 0 Å². The Hall–Kier alpha value is 1.30. The molecule has 0 aliphatic carbocycles. The zero-order chi connectivity index (χ0) is 25.2. The number of hydrogen-bond donors (Lipinski definition) is 3. The van der Waals surface area contributed by atoms with Crippen LogP contribution in [-0.4, -0.2) is 44.5 Å². The molecule has 0 radical (unpaired) electrons. The summed E-state index contributed by atoms with van der Waals surface area (Å²) in [4.78, 5) is -0.423. The maximum Gasteiger partial charge on any atom is 0.393 e. The normalized spacial score (nSPS) is 7.42. The number of thioether (sulfide) groups is 1. The van der Waals surface area contributed by atoms with Gasteiger partial charge in [-0.05, 0) is 43.0 Å². The number of halogens is 3. The number of benzene rings is 1. The lowest BCUT2D eigenvalue weighted by Crippen LogP contribution is -2.11. The van der Waals surface area contributed by atoms with Crippen LogP contribution in [-0.2, 0) is 16.5 Å². The molecule has 3 N–H and O–H groups in total. The highest BCUT2D eigenvalue weighted by molar-refractivity contribution is 7.98. The smallest absolute Gasteiger partial charge is 0.333 e. The average molecular weight is 698 g/mol. The van der Waals surface area contributed by atoms with Gasteiger partial charge in [-0.15, -0.1) is 0 Å². The van der Waals surface area contributed by atoms with E-state index in [0.717, 1.165) is 24.3 Å². The van der Waals surface area contributed by atoms with Crippen LogP contribution in [0.5, 0.6) is 0 Å². The highest BCUT2D eigenvalue weighted by atomic mass is 32.2. The minimum Gasteiger partial charge on any atom is -0.333 e. The summed E-state index contributed by atoms with van der Waals surface area (Å²) in [6.45, 7) is 10.8. The lowest BCUT2D eigenvalue weighted by Gasteiger charge is -2.06. The first-order chi connectivity index (χ1) is 13.9. The Bertz CT molecular complexity index is 537. The van der Waals surface area contributed by atoms with Crippen LogP contribution < -0.4 is 5.73 Å². The van der Waals surface area contributed by atoms with E-state index in [1.165, 1.54) is 32.1 Å². The van der Waals surface area contributed by atoms with Crippen LogP contribution in [0.4, 0.5) is 13.2 Å². The molecule has 0 spiro atoms. The van der Waals surface area contributed by atoms with E-state index < -0.39 is 27.6 Å². The predicted octanol–water partition coefficient (Wildman–Crippen LogP) is 9.53. The van der Waals surface area contributed by atoms with E-state index in [2.05, 4.69) is 59.2 Å². The van der Waals surface area contributed by atoms with Crippen molar-refractivity contribution in [2.75, 3.05) is 25.3 Å². The molecule has 0 saturated heterocycles. The summed E-state index contributed by atoms with van der Waals surface area (Å²) in [5, 5.41) is 0. The van der Waals surface area contributed by atoms with Crippen LogP contribution in [0.15, 0.2) is 29.2 Å². The van der Waals surface area contributed by atoms with Crippen molar-refractivity contribution >= 4 is 74.1 Å². The maximum absolute atomic E-state index is 11.9. The fourth-order valence-electron chi connectivity index (χ4n) is 1.01. The molecule has 4 atom stereocenters. The van der Waals surface area contributed by atoms with Gasteiger partial charge in [0, 0.05) is 0 Å². The fourth-order valence-corrected chi connectivity index (χ4v) is 1.49. The molecule has 0 bridgehead atoms. The van der Waals surface area contributed by atoms with Crippen LogP contribution in [0.1, 0.15) is 89.2 Å². The fraction of sp³-hybridized carbons (Fsp3) is 0.750. The molecule has 1 rings (SSSR count). The van der Waals surface area contributed by atoms with Crippen LogP contribution in [0, 0.1) is 0 Å². The van der Waals surface area contributed by atoms with Crippen molar-refractivity contribution in [1.82, 2.24) is 0 Å². The number of hydrogen-bond acceptors (Lipinski definition) is 5. The number of unbranched alkanes of at least 4 members (excludes halogenated alkanes) is 1. The first kappa shape index (κ1) is 83.3. The second-order valence-corrected chi connectivity index (χ2v) is 7.77. The van der Waals surface area contributed by atoms with E-state index in [9.17, 15) is 21.6 Å². The molecular formula is C24H70F3NO3P4S3. The first-order valence-electron chi connectivity index (χ1n) is 9.57. The van der Waals surface area contributed by atoms with Crippen LogP contribution in [0.2, 0.25) is 0 Å². The second kappa shape index (κ2) is 62.1. The largest absolute Gasteiger partial charge is 0.393 e. The monoisotopic (exact) mass is 697 g/mol. The summed E-state index contributed by atoms with van der Waals surface area (Å²) in [5.41, 5.74) is 4.44. The molecule has 0 aliphatic heterocycles. The van der Waals surface area contributed by atoms with Crippen molar-refractivity contribution < 1.29 is 26.1 Å². The van der Waals surface area contributed by atoms with E-state index >= 15 is 0 Å². The standard InChI is InChI=1S/C8H7F3O3S.C4H10.C3H8S.C3H8.CH5N.CH4S.4CH4.4H3P/c9-8(10,11)5-6-1-3-7(4-2-6)15(12,13)14;2*1-3-4-2;1-3-2;2*1-2;;;;;;;;/h1-4H,5H2,(H,12,13,14);3-4H2,1-2H3;3H2,1-2H3;3H2,1-2H3;2H2,1H3;2H,1H3;4*1H4;4*1H3. The van der Waals surface area contributed by atoms with Gasteiger partial charge in [-0.25, -0.2) is 0 Å². The van der Waals surface area contributed by atoms with Gasteiger partial charge in [-0.2, -0.15) is 85.6 Å². The Morgan fingerprint density at radius 1 is 0.816 bits per heavy atom. The zero-order valence-electron chi connectivity index (χ0n) is 22.4. The number of nitrogens with two attached hydrogens (primary N) is 1. The summed E-state index contributed by atoms with van der Waals surface area (Å²) in [6.07, 6.45) is 2.22. The third kappa shape index (κ3) is 83.2. The number of alkyl halides is 3. The third-order valence-electron chi connectivity index (χ3n) is 2.41. The van der Waals surface area contributed by atoms with Crippen LogP contribution in [0.25, 0.3) is 0 Å². The predicted molar refractivity (Wildman–Crippen MR) is 203 cm³/mol. The Morgan fingerprint density at radius 3 is 1.18 bits per heavy atom. The first-order valence-corrected chi connectivity index (χ1v) is 13.3. The van der Waals surface area contributed by atoms with E-state index in [-0.39, 0.29) is 74.9 Å². The summed E-state index contributed by atoms with van der Waals surface area (Å²) in [7, 11) is -2.84. The highest BCUT2D eigenvalue weighted by Gasteiger charge is 2.27. The van der Waals surface area contributed by atoms with E-state index in [1.54, 1.807) is 6.26 Å². The van der Waals surface area contributed by atoms with Crippen molar-refractivity contribution in [3.8, 4) is 0 Å². The van der Waals surface area contributed by atoms with Crippen molar-refractivity contribution in [2.45, 2.75) is 101 Å². The molecule has 1 aromatic carbocycles. The van der Waals surface area contributed by atoms with Crippen molar-refractivity contribution in [1.29, 1.82) is 0 Å². The van der Waals surface area contributed by atoms with Crippen LogP contribution in [0.3, 0.4) is 0 Å². The van der Waals surface area contributed by atoms with Gasteiger partial charge < -0.3 is 5.73 Å². The zero-order valence-corrected chi connectivity index (χ0v) is 30.6. The molecule has 0 aliphatic rings. The minimum atomic E-state index is -4.34. The van der Waals surface area contributed by atoms with Gasteiger partial charge in [-0.1, -0.05) is 95.7 Å². The Balaban J connectivity index is -0.0000000214. The molecule has 0 saturated carbocycles. The number of rotatable bonds is 4. The molecule has 0 amide bonds. The van der Waals surface area contributed by atoms with E-state index in [0.29, 0.717) is 0 Å². The molecule has 248 valence electrons. The summed E-state index contributed by atoms with van der Waals surface area (Å²) >= 11 is 5.38. The topological polar surface area (TPSA) is 80.4 Å². The van der Waals surface area contributed by atoms with E-state index in [4.69, 9.17) is 4.55 Å². The number of thiol groups is 1. The molecule has 0 aromatic heterocycles. The van der Waals surface area contributed by atoms with Gasteiger partial charge >= 0.3 is 6.18 Å². The highest BCUT2D eigenvalue weighted by Crippen LogP contribution is 2.22. The van der Waals surface area contributed by atoms with E-state index in [1.807, 2.05) is 11.8 Å². The molecule has 14 heteroatoms. The Labute approximate surface area is 261 Å². The van der Waals surface area contributed by atoms with Gasteiger partial charge in [0.25, 0.3) is 10.1 Å². The molecule has 38 heavy (non-hydrogen) atoms. The lowest BCUT2D eigenvalue weighted by molar-refractivity contribution is -0.127. The summed E-state index contributed by atoms with van der Waals surface area (Å²) in [5.74, 6) is 1.24. The SMILES string of the molecule is C.C.C.C.CCC.CCCC.CCSC.CN.CS.O=S(=O)(O)c1ccc(CC(F)(F)F)cc1.P.P.P.P. The van der Waals surface area contributed by atoms with Crippen molar-refractivity contribution in [2.24, 2.45) is 5.73 Å². The molecule has 4 unspecified atom stereocenters. The Kier molecular flexibility index (Phi) is 136. The third-order valence-corrected chi connectivity index (χ3v) is 3.86. The molecule has 4 nitrogen and oxygen atoms in total. The maximum atomic E-state index is 11.9. The van der Waals surface area contributed by atoms with Gasteiger partial charge in [-0.3, -0.25) is 4.55 Å².